The fourth-order valence-electron chi connectivity index (χ4n) is 2.72. The van der Waals surface area contributed by atoms with Crippen molar-refractivity contribution in [3.05, 3.63) is 42.3 Å². The minimum absolute atomic E-state index is 0.223. The first-order valence-corrected chi connectivity index (χ1v) is 7.67. The predicted molar refractivity (Wildman–Crippen MR) is 87.0 cm³/mol. The molecular weight excluding hydrogens is 309 g/mol. The summed E-state index contributed by atoms with van der Waals surface area (Å²) in [4.78, 5) is 22.5. The highest BCUT2D eigenvalue weighted by atomic mass is 19.1. The van der Waals surface area contributed by atoms with Gasteiger partial charge in [-0.15, -0.1) is 0 Å². The molecule has 0 saturated carbocycles. The van der Waals surface area contributed by atoms with Crippen molar-refractivity contribution in [1.29, 1.82) is 5.26 Å². The largest absolute Gasteiger partial charge is 0.324 e. The lowest BCUT2D eigenvalue weighted by molar-refractivity contribution is -0.123. The number of nitrogens with one attached hydrogen (secondary N) is 1. The summed E-state index contributed by atoms with van der Waals surface area (Å²) in [6.07, 6.45) is 2.51. The average Bonchev–Trinajstić information content (AvgIpc) is 2.94. The van der Waals surface area contributed by atoms with Crippen LogP contribution in [-0.4, -0.2) is 22.4 Å². The van der Waals surface area contributed by atoms with Gasteiger partial charge in [0.1, 0.15) is 17.1 Å². The zero-order valence-corrected chi connectivity index (χ0v) is 13.2. The second-order valence-corrected chi connectivity index (χ2v) is 5.62. The van der Waals surface area contributed by atoms with Gasteiger partial charge in [-0.2, -0.15) is 10.2 Å². The van der Waals surface area contributed by atoms with Gasteiger partial charge in [-0.05, 0) is 43.2 Å². The SMILES string of the molecule is CCC1(C#N)CCN(c2ccnc(Nc3ccc(F)cc3)n2)C1=O. The zero-order valence-electron chi connectivity index (χ0n) is 13.2. The number of aromatic nitrogens is 2. The number of nitrogens with zero attached hydrogens (tertiary/aromatic N) is 4. The number of carbonyl (C=O) groups is 1. The van der Waals surface area contributed by atoms with Crippen LogP contribution in [0.5, 0.6) is 0 Å². The van der Waals surface area contributed by atoms with Crippen LogP contribution in [0.1, 0.15) is 19.8 Å². The number of amides is 1. The molecule has 0 radical (unpaired) electrons. The van der Waals surface area contributed by atoms with E-state index in [0.717, 1.165) is 0 Å². The molecule has 122 valence electrons. The van der Waals surface area contributed by atoms with Gasteiger partial charge in [-0.25, -0.2) is 9.37 Å². The average molecular weight is 325 g/mol. The van der Waals surface area contributed by atoms with Crippen molar-refractivity contribution in [2.24, 2.45) is 5.41 Å². The van der Waals surface area contributed by atoms with Crippen molar-refractivity contribution in [3.63, 3.8) is 0 Å². The Balaban J connectivity index is 1.82. The Kier molecular flexibility index (Phi) is 4.13. The van der Waals surface area contributed by atoms with E-state index in [0.29, 0.717) is 36.8 Å². The number of nitriles is 1. The van der Waals surface area contributed by atoms with Crippen molar-refractivity contribution in [3.8, 4) is 6.07 Å². The van der Waals surface area contributed by atoms with Gasteiger partial charge in [0, 0.05) is 18.4 Å². The van der Waals surface area contributed by atoms with Crippen molar-refractivity contribution in [1.82, 2.24) is 9.97 Å². The second kappa shape index (κ2) is 6.24. The fraction of sp³-hybridized carbons (Fsp3) is 0.294. The van der Waals surface area contributed by atoms with Gasteiger partial charge in [0.15, 0.2) is 0 Å². The highest BCUT2D eigenvalue weighted by Crippen LogP contribution is 2.36. The molecule has 1 aliphatic heterocycles. The molecule has 1 N–H and O–H groups in total. The van der Waals surface area contributed by atoms with Crippen LogP contribution >= 0.6 is 0 Å². The number of hydrogen-bond donors (Lipinski definition) is 1. The zero-order chi connectivity index (χ0) is 17.2. The molecule has 1 aliphatic rings. The fourth-order valence-corrected chi connectivity index (χ4v) is 2.72. The summed E-state index contributed by atoms with van der Waals surface area (Å²) in [5, 5.41) is 12.3. The Bertz CT molecular complexity index is 801. The minimum atomic E-state index is -0.963. The van der Waals surface area contributed by atoms with Crippen LogP contribution < -0.4 is 10.2 Å². The molecule has 2 heterocycles. The normalized spacial score (nSPS) is 20.0. The predicted octanol–water partition coefficient (Wildman–Crippen LogP) is 3.02. The Morgan fingerprint density at radius 2 is 2.12 bits per heavy atom. The Morgan fingerprint density at radius 1 is 1.38 bits per heavy atom. The summed E-state index contributed by atoms with van der Waals surface area (Å²) in [5.41, 5.74) is -0.323. The van der Waals surface area contributed by atoms with E-state index >= 15 is 0 Å². The summed E-state index contributed by atoms with van der Waals surface area (Å²) in [6.45, 7) is 2.29. The number of carbonyl (C=O) groups excluding carboxylic acids is 1. The van der Waals surface area contributed by atoms with Crippen LogP contribution in [0, 0.1) is 22.6 Å². The lowest BCUT2D eigenvalue weighted by Gasteiger charge is -2.19. The molecule has 1 saturated heterocycles. The third-order valence-electron chi connectivity index (χ3n) is 4.25. The van der Waals surface area contributed by atoms with E-state index in [1.807, 2.05) is 6.92 Å². The molecular formula is C17H16FN5O. The smallest absolute Gasteiger partial charge is 0.248 e. The Hall–Kier alpha value is -3.01. The molecule has 0 bridgehead atoms. The molecule has 1 fully saturated rings. The van der Waals surface area contributed by atoms with E-state index in [1.165, 1.54) is 17.0 Å². The maximum atomic E-state index is 12.9. The summed E-state index contributed by atoms with van der Waals surface area (Å²) in [5.74, 6) is 0.201. The van der Waals surface area contributed by atoms with Crippen LogP contribution in [0.2, 0.25) is 0 Å². The molecule has 1 aromatic carbocycles. The molecule has 1 unspecified atom stereocenters. The number of benzene rings is 1. The number of anilines is 3. The molecule has 3 rings (SSSR count). The Labute approximate surface area is 139 Å². The standard InChI is InChI=1S/C17H16FN5O/c1-2-17(11-19)8-10-23(15(17)24)14-7-9-20-16(22-14)21-13-5-3-12(18)4-6-13/h3-7,9H,2,8,10H2,1H3,(H,20,21,22). The van der Waals surface area contributed by atoms with E-state index in [2.05, 4.69) is 21.4 Å². The summed E-state index contributed by atoms with van der Waals surface area (Å²) >= 11 is 0. The number of rotatable bonds is 4. The molecule has 0 spiro atoms. The van der Waals surface area contributed by atoms with Crippen molar-refractivity contribution < 1.29 is 9.18 Å². The maximum absolute atomic E-state index is 12.9. The monoisotopic (exact) mass is 325 g/mol. The minimum Gasteiger partial charge on any atom is -0.324 e. The van der Waals surface area contributed by atoms with Crippen molar-refractivity contribution in [2.45, 2.75) is 19.8 Å². The highest BCUT2D eigenvalue weighted by Gasteiger charge is 2.46. The van der Waals surface area contributed by atoms with E-state index < -0.39 is 5.41 Å². The van der Waals surface area contributed by atoms with Crippen LogP contribution in [0.4, 0.5) is 21.8 Å². The van der Waals surface area contributed by atoms with E-state index in [9.17, 15) is 14.4 Å². The molecule has 1 atom stereocenters. The molecule has 1 amide bonds. The topological polar surface area (TPSA) is 81.9 Å². The molecule has 2 aromatic rings. The molecule has 24 heavy (non-hydrogen) atoms. The van der Waals surface area contributed by atoms with Crippen molar-refractivity contribution in [2.75, 3.05) is 16.8 Å². The first-order valence-electron chi connectivity index (χ1n) is 7.67. The third kappa shape index (κ3) is 2.78. The van der Waals surface area contributed by atoms with Crippen LogP contribution in [0.25, 0.3) is 0 Å². The summed E-state index contributed by atoms with van der Waals surface area (Å²) in [7, 11) is 0. The molecule has 7 heteroatoms. The number of halogens is 1. The first kappa shape index (κ1) is 15.9. The Morgan fingerprint density at radius 3 is 2.75 bits per heavy atom. The van der Waals surface area contributed by atoms with Gasteiger partial charge in [0.05, 0.1) is 6.07 Å². The lowest BCUT2D eigenvalue weighted by Crippen LogP contribution is -2.33. The van der Waals surface area contributed by atoms with Gasteiger partial charge < -0.3 is 5.32 Å². The second-order valence-electron chi connectivity index (χ2n) is 5.62. The number of hydrogen-bond acceptors (Lipinski definition) is 5. The van der Waals surface area contributed by atoms with Gasteiger partial charge in [-0.1, -0.05) is 6.92 Å². The summed E-state index contributed by atoms with van der Waals surface area (Å²) < 4.78 is 12.9. The highest BCUT2D eigenvalue weighted by molar-refractivity contribution is 6.01. The van der Waals surface area contributed by atoms with Crippen LogP contribution in [-0.2, 0) is 4.79 Å². The molecule has 1 aromatic heterocycles. The summed E-state index contributed by atoms with van der Waals surface area (Å²) in [6, 6.07) is 9.60. The maximum Gasteiger partial charge on any atom is 0.248 e. The van der Waals surface area contributed by atoms with Crippen LogP contribution in [0.3, 0.4) is 0 Å². The third-order valence-corrected chi connectivity index (χ3v) is 4.25. The van der Waals surface area contributed by atoms with Gasteiger partial charge >= 0.3 is 0 Å². The molecule has 0 aliphatic carbocycles. The van der Waals surface area contributed by atoms with E-state index in [1.54, 1.807) is 24.4 Å². The van der Waals surface area contributed by atoms with Gasteiger partial charge in [-0.3, -0.25) is 9.69 Å². The van der Waals surface area contributed by atoms with Crippen LogP contribution in [0.15, 0.2) is 36.5 Å². The first-order chi connectivity index (χ1) is 11.6. The van der Waals surface area contributed by atoms with Gasteiger partial charge in [0.2, 0.25) is 11.9 Å². The van der Waals surface area contributed by atoms with Gasteiger partial charge in [0.25, 0.3) is 0 Å². The van der Waals surface area contributed by atoms with E-state index in [-0.39, 0.29) is 11.7 Å². The van der Waals surface area contributed by atoms with E-state index in [4.69, 9.17) is 0 Å². The molecule has 6 nitrogen and oxygen atoms in total. The quantitative estimate of drug-likeness (QED) is 0.934. The lowest BCUT2D eigenvalue weighted by atomic mass is 9.85. The van der Waals surface area contributed by atoms with Crippen molar-refractivity contribution >= 4 is 23.4 Å².